The van der Waals surface area contributed by atoms with E-state index in [9.17, 15) is 9.18 Å². The fourth-order valence-electron chi connectivity index (χ4n) is 1.78. The molecule has 122 valence electrons. The number of amides is 1. The summed E-state index contributed by atoms with van der Waals surface area (Å²) in [7, 11) is 0. The molecule has 0 heterocycles. The summed E-state index contributed by atoms with van der Waals surface area (Å²) in [5.41, 5.74) is 1.12. The second-order valence-corrected chi connectivity index (χ2v) is 5.28. The molecule has 0 aliphatic rings. The zero-order chi connectivity index (χ0) is 16.7. The highest BCUT2D eigenvalue weighted by molar-refractivity contribution is 6.32. The number of nitrogens with one attached hydrogen (secondary N) is 1. The lowest BCUT2D eigenvalue weighted by Crippen LogP contribution is -2.32. The molecule has 0 aliphatic heterocycles. The summed E-state index contributed by atoms with van der Waals surface area (Å²) in [5, 5.41) is 2.85. The minimum atomic E-state index is -0.427. The van der Waals surface area contributed by atoms with Crippen LogP contribution in [0, 0.1) is 12.7 Å². The summed E-state index contributed by atoms with van der Waals surface area (Å²) in [4.78, 5) is 11.6. The summed E-state index contributed by atoms with van der Waals surface area (Å²) in [6, 6.07) is 11.3. The number of carbonyl (C=O) groups is 1. The van der Waals surface area contributed by atoms with Gasteiger partial charge in [-0.25, -0.2) is 4.39 Å². The Bertz CT molecular complexity index is 661. The van der Waals surface area contributed by atoms with Crippen molar-refractivity contribution in [2.24, 2.45) is 0 Å². The SMILES string of the molecule is Cc1ccc(OCC(=O)NCCOc2ccc(F)cc2Cl)cc1. The van der Waals surface area contributed by atoms with Crippen molar-refractivity contribution in [2.45, 2.75) is 6.92 Å². The Balaban J connectivity index is 1.65. The van der Waals surface area contributed by atoms with Crippen LogP contribution in [0.2, 0.25) is 5.02 Å². The predicted octanol–water partition coefficient (Wildman–Crippen LogP) is 3.36. The maximum absolute atomic E-state index is 12.9. The molecule has 2 aromatic rings. The summed E-state index contributed by atoms with van der Waals surface area (Å²) in [5.74, 6) is 0.335. The zero-order valence-corrected chi connectivity index (χ0v) is 13.4. The van der Waals surface area contributed by atoms with Gasteiger partial charge in [0.05, 0.1) is 11.6 Å². The summed E-state index contributed by atoms with van der Waals surface area (Å²) >= 11 is 5.83. The van der Waals surface area contributed by atoms with E-state index in [1.807, 2.05) is 31.2 Å². The molecule has 1 N–H and O–H groups in total. The van der Waals surface area contributed by atoms with Gasteiger partial charge in [-0.15, -0.1) is 0 Å². The third kappa shape index (κ3) is 5.79. The lowest BCUT2D eigenvalue weighted by molar-refractivity contribution is -0.123. The monoisotopic (exact) mass is 337 g/mol. The van der Waals surface area contributed by atoms with Crippen LogP contribution in [0.3, 0.4) is 0 Å². The van der Waals surface area contributed by atoms with Gasteiger partial charge in [0.15, 0.2) is 6.61 Å². The van der Waals surface area contributed by atoms with Crippen LogP contribution in [0.4, 0.5) is 4.39 Å². The van der Waals surface area contributed by atoms with Gasteiger partial charge in [-0.3, -0.25) is 4.79 Å². The number of rotatable bonds is 7. The summed E-state index contributed by atoms with van der Waals surface area (Å²) in [6.07, 6.45) is 0. The van der Waals surface area contributed by atoms with E-state index in [1.54, 1.807) is 0 Å². The molecule has 6 heteroatoms. The van der Waals surface area contributed by atoms with Crippen molar-refractivity contribution in [2.75, 3.05) is 19.8 Å². The second-order valence-electron chi connectivity index (χ2n) is 4.87. The topological polar surface area (TPSA) is 47.6 Å². The van der Waals surface area contributed by atoms with Crippen molar-refractivity contribution in [3.8, 4) is 11.5 Å². The van der Waals surface area contributed by atoms with Crippen molar-refractivity contribution in [3.05, 3.63) is 58.9 Å². The quantitative estimate of drug-likeness (QED) is 0.788. The molecule has 0 radical (unpaired) electrons. The first-order chi connectivity index (χ1) is 11.0. The Morgan fingerprint density at radius 1 is 1.17 bits per heavy atom. The van der Waals surface area contributed by atoms with Crippen molar-refractivity contribution in [3.63, 3.8) is 0 Å². The van der Waals surface area contributed by atoms with Crippen LogP contribution in [0.25, 0.3) is 0 Å². The molecular weight excluding hydrogens is 321 g/mol. The van der Waals surface area contributed by atoms with Crippen LogP contribution in [0.1, 0.15) is 5.56 Å². The number of halogens is 2. The Morgan fingerprint density at radius 2 is 1.91 bits per heavy atom. The molecule has 0 aliphatic carbocycles. The van der Waals surface area contributed by atoms with Crippen molar-refractivity contribution in [1.82, 2.24) is 5.32 Å². The zero-order valence-electron chi connectivity index (χ0n) is 12.6. The third-order valence-corrected chi connectivity index (χ3v) is 3.26. The van der Waals surface area contributed by atoms with Gasteiger partial charge in [0.25, 0.3) is 5.91 Å². The van der Waals surface area contributed by atoms with Gasteiger partial charge in [-0.2, -0.15) is 0 Å². The Labute approximate surface area is 139 Å². The van der Waals surface area contributed by atoms with E-state index in [2.05, 4.69) is 5.32 Å². The minimum absolute atomic E-state index is 0.0691. The van der Waals surface area contributed by atoms with Gasteiger partial charge in [0.2, 0.25) is 0 Å². The van der Waals surface area contributed by atoms with E-state index in [0.29, 0.717) is 18.0 Å². The van der Waals surface area contributed by atoms with Crippen molar-refractivity contribution in [1.29, 1.82) is 0 Å². The number of benzene rings is 2. The van der Waals surface area contributed by atoms with Crippen molar-refractivity contribution >= 4 is 17.5 Å². The first-order valence-corrected chi connectivity index (χ1v) is 7.46. The van der Waals surface area contributed by atoms with Gasteiger partial charge in [-0.1, -0.05) is 29.3 Å². The number of carbonyl (C=O) groups excluding carboxylic acids is 1. The van der Waals surface area contributed by atoms with E-state index in [1.165, 1.54) is 18.2 Å². The molecule has 0 aromatic heterocycles. The highest BCUT2D eigenvalue weighted by Crippen LogP contribution is 2.24. The molecule has 2 rings (SSSR count). The van der Waals surface area contributed by atoms with E-state index in [0.717, 1.165) is 5.56 Å². The van der Waals surface area contributed by atoms with Crippen LogP contribution in [0.15, 0.2) is 42.5 Å². The molecular formula is C17H17ClFNO3. The van der Waals surface area contributed by atoms with E-state index in [-0.39, 0.29) is 24.1 Å². The summed E-state index contributed by atoms with van der Waals surface area (Å²) < 4.78 is 23.6. The average molecular weight is 338 g/mol. The maximum Gasteiger partial charge on any atom is 0.258 e. The fraction of sp³-hybridized carbons (Fsp3) is 0.235. The predicted molar refractivity (Wildman–Crippen MR) is 86.6 cm³/mol. The smallest absolute Gasteiger partial charge is 0.258 e. The fourth-order valence-corrected chi connectivity index (χ4v) is 2.00. The molecule has 0 saturated heterocycles. The first-order valence-electron chi connectivity index (χ1n) is 7.08. The summed E-state index contributed by atoms with van der Waals surface area (Å²) in [6.45, 7) is 2.43. The highest BCUT2D eigenvalue weighted by atomic mass is 35.5. The molecule has 0 bridgehead atoms. The molecule has 0 unspecified atom stereocenters. The van der Waals surface area contributed by atoms with Crippen LogP contribution in [-0.4, -0.2) is 25.7 Å². The van der Waals surface area contributed by atoms with Gasteiger partial charge >= 0.3 is 0 Å². The lowest BCUT2D eigenvalue weighted by atomic mass is 10.2. The van der Waals surface area contributed by atoms with Crippen LogP contribution in [0.5, 0.6) is 11.5 Å². The van der Waals surface area contributed by atoms with Crippen molar-refractivity contribution < 1.29 is 18.7 Å². The van der Waals surface area contributed by atoms with Gasteiger partial charge in [0.1, 0.15) is 23.9 Å². The molecule has 0 fully saturated rings. The normalized spacial score (nSPS) is 10.2. The minimum Gasteiger partial charge on any atom is -0.490 e. The number of hydrogen-bond donors (Lipinski definition) is 1. The number of hydrogen-bond acceptors (Lipinski definition) is 3. The molecule has 0 saturated carbocycles. The van der Waals surface area contributed by atoms with Gasteiger partial charge < -0.3 is 14.8 Å². The Kier molecular flexibility index (Phi) is 6.23. The maximum atomic E-state index is 12.9. The first kappa shape index (κ1) is 17.1. The van der Waals surface area contributed by atoms with Gasteiger partial charge in [-0.05, 0) is 37.3 Å². The highest BCUT2D eigenvalue weighted by Gasteiger charge is 2.05. The average Bonchev–Trinajstić information content (AvgIpc) is 2.52. The number of aryl methyl sites for hydroxylation is 1. The van der Waals surface area contributed by atoms with E-state index >= 15 is 0 Å². The Hall–Kier alpha value is -2.27. The molecule has 4 nitrogen and oxygen atoms in total. The third-order valence-electron chi connectivity index (χ3n) is 2.97. The molecule has 2 aromatic carbocycles. The standard InChI is InChI=1S/C17H17ClFNO3/c1-12-2-5-14(6-3-12)23-11-17(21)20-8-9-22-16-7-4-13(19)10-15(16)18/h2-7,10H,8-9,11H2,1H3,(H,20,21). The number of ether oxygens (including phenoxy) is 2. The largest absolute Gasteiger partial charge is 0.490 e. The van der Waals surface area contributed by atoms with E-state index in [4.69, 9.17) is 21.1 Å². The molecule has 0 spiro atoms. The lowest BCUT2D eigenvalue weighted by Gasteiger charge is -2.10. The van der Waals surface area contributed by atoms with Crippen LogP contribution in [-0.2, 0) is 4.79 Å². The van der Waals surface area contributed by atoms with E-state index < -0.39 is 5.82 Å². The molecule has 1 amide bonds. The molecule has 23 heavy (non-hydrogen) atoms. The van der Waals surface area contributed by atoms with Crippen LogP contribution >= 0.6 is 11.6 Å². The van der Waals surface area contributed by atoms with Crippen LogP contribution < -0.4 is 14.8 Å². The van der Waals surface area contributed by atoms with Gasteiger partial charge in [0, 0.05) is 0 Å². The second kappa shape index (κ2) is 8.39. The Morgan fingerprint density at radius 3 is 2.61 bits per heavy atom. The molecule has 0 atom stereocenters.